The van der Waals surface area contributed by atoms with Crippen LogP contribution in [0.5, 0.6) is 5.75 Å². The second-order valence-corrected chi connectivity index (χ2v) is 12.1. The van der Waals surface area contributed by atoms with E-state index in [4.69, 9.17) is 14.2 Å². The Morgan fingerprint density at radius 1 is 1.15 bits per heavy atom. The molecule has 2 saturated heterocycles. The van der Waals surface area contributed by atoms with Gasteiger partial charge in [-0.3, -0.25) is 9.69 Å². The summed E-state index contributed by atoms with van der Waals surface area (Å²) in [6, 6.07) is 5.80. The third kappa shape index (κ3) is 12.5. The van der Waals surface area contributed by atoms with Crippen LogP contribution in [-0.2, 0) is 32.2 Å². The van der Waals surface area contributed by atoms with E-state index in [0.717, 1.165) is 55.9 Å². The minimum absolute atomic E-state index is 0.127. The molecule has 3 aliphatic heterocycles. The molecule has 262 valence electrons. The van der Waals surface area contributed by atoms with Crippen LogP contribution in [-0.4, -0.2) is 94.8 Å². The van der Waals surface area contributed by atoms with E-state index in [-0.39, 0.29) is 5.91 Å². The number of ether oxygens (including phenoxy) is 3. The lowest BCUT2D eigenvalue weighted by atomic mass is 9.87. The lowest BCUT2D eigenvalue weighted by Gasteiger charge is -2.29. The topological polar surface area (TPSA) is 104 Å². The van der Waals surface area contributed by atoms with Gasteiger partial charge < -0.3 is 34.6 Å². The highest BCUT2D eigenvalue weighted by atomic mass is 16.5. The van der Waals surface area contributed by atoms with E-state index in [0.29, 0.717) is 38.0 Å². The predicted octanol–water partition coefficient (Wildman–Crippen LogP) is 4.52. The number of nitrogens with one attached hydrogen (secondary N) is 3. The number of carbonyl (C=O) groups excluding carboxylic acids is 2. The average Bonchev–Trinajstić information content (AvgIpc) is 3.83. The Labute approximate surface area is 282 Å². The fourth-order valence-corrected chi connectivity index (χ4v) is 6.34. The van der Waals surface area contributed by atoms with Gasteiger partial charge in [0.2, 0.25) is 5.91 Å². The van der Waals surface area contributed by atoms with Crippen molar-refractivity contribution in [3.8, 4) is 5.75 Å². The first-order chi connectivity index (χ1) is 23.0. The van der Waals surface area contributed by atoms with Crippen LogP contribution in [0.1, 0.15) is 69.9 Å². The number of methoxy groups -OCH3 is 2. The third-order valence-electron chi connectivity index (χ3n) is 8.98. The fraction of sp³-hybridized carbons (Fsp3) is 0.622. The van der Waals surface area contributed by atoms with E-state index in [1.807, 2.05) is 32.0 Å². The molecule has 47 heavy (non-hydrogen) atoms. The number of carbonyl (C=O) groups is 2. The molecule has 0 spiro atoms. The zero-order chi connectivity index (χ0) is 33.9. The maximum atomic E-state index is 11.8. The van der Waals surface area contributed by atoms with Gasteiger partial charge in [0.1, 0.15) is 12.0 Å². The summed E-state index contributed by atoms with van der Waals surface area (Å²) in [5.74, 6) is 1.34. The summed E-state index contributed by atoms with van der Waals surface area (Å²) in [6.45, 7) is 11.5. The highest BCUT2D eigenvalue weighted by Gasteiger charge is 2.24. The minimum atomic E-state index is -0.406. The van der Waals surface area contributed by atoms with Crippen LogP contribution in [0.25, 0.3) is 0 Å². The first-order valence-electron chi connectivity index (χ1n) is 17.5. The summed E-state index contributed by atoms with van der Waals surface area (Å²) >= 11 is 0. The Morgan fingerprint density at radius 3 is 2.55 bits per heavy atom. The maximum Gasteiger partial charge on any atom is 0.236 e. The van der Waals surface area contributed by atoms with Crippen LogP contribution in [0.15, 0.2) is 53.8 Å². The van der Waals surface area contributed by atoms with Crippen LogP contribution in [0.3, 0.4) is 0 Å². The van der Waals surface area contributed by atoms with Crippen LogP contribution in [0.4, 0.5) is 0 Å². The largest absolute Gasteiger partial charge is 0.497 e. The summed E-state index contributed by atoms with van der Waals surface area (Å²) in [5.41, 5.74) is 8.65. The van der Waals surface area contributed by atoms with Gasteiger partial charge in [-0.15, -0.1) is 0 Å². The van der Waals surface area contributed by atoms with Crippen LogP contribution in [0.2, 0.25) is 0 Å². The number of allylic oxidation sites excluding steroid dienone is 2. The Morgan fingerprint density at radius 2 is 1.91 bits per heavy atom. The third-order valence-corrected chi connectivity index (χ3v) is 8.98. The predicted molar refractivity (Wildman–Crippen MR) is 188 cm³/mol. The molecule has 0 radical (unpaired) electrons. The van der Waals surface area contributed by atoms with Crippen molar-refractivity contribution in [1.29, 1.82) is 0 Å². The smallest absolute Gasteiger partial charge is 0.236 e. The molecule has 1 amide bonds. The van der Waals surface area contributed by atoms with Crippen molar-refractivity contribution in [2.45, 2.75) is 84.0 Å². The van der Waals surface area contributed by atoms with Crippen molar-refractivity contribution >= 4 is 12.2 Å². The number of nitrogens with zero attached hydrogens (tertiary/aromatic N) is 2. The standard InChI is InChI=1S/C19H29N3O.C16H24N2O4.C2H6/c1-2-10-21(9-1)14-16-13-20-22(15-16)19-5-3-17(4-6-19)18-7-11-23-12-8-18;1-17-16(20)15(5-4-8-19)18-10-13-9-14(22-3)7-6-12(13)11-21-2;1-2/h3-5,15,18-20H,1-2,6-14H2;6-9,15,18H,4-5,10-11H2,1-3H3,(H,17,20);1-2H3. The molecule has 3 N–H and O–H groups in total. The van der Waals surface area contributed by atoms with Gasteiger partial charge in [0.25, 0.3) is 0 Å². The van der Waals surface area contributed by atoms with Crippen LogP contribution < -0.4 is 20.8 Å². The molecule has 1 aromatic rings. The summed E-state index contributed by atoms with van der Waals surface area (Å²) in [7, 11) is 4.83. The van der Waals surface area contributed by atoms with Gasteiger partial charge in [-0.25, -0.2) is 5.43 Å². The van der Waals surface area contributed by atoms with Gasteiger partial charge in [-0.2, -0.15) is 0 Å². The van der Waals surface area contributed by atoms with E-state index in [1.54, 1.807) is 21.3 Å². The Bertz CT molecular complexity index is 1170. The molecular weight excluding hydrogens is 594 g/mol. The molecule has 0 bridgehead atoms. The Hall–Kier alpha value is -3.02. The molecule has 0 aromatic heterocycles. The van der Waals surface area contributed by atoms with Crippen molar-refractivity contribution < 1.29 is 23.8 Å². The van der Waals surface area contributed by atoms with Gasteiger partial charge >= 0.3 is 0 Å². The van der Waals surface area contributed by atoms with Crippen LogP contribution in [0, 0.1) is 5.92 Å². The minimum Gasteiger partial charge on any atom is -0.497 e. The molecule has 5 rings (SSSR count). The van der Waals surface area contributed by atoms with Crippen molar-refractivity contribution in [2.24, 2.45) is 5.92 Å². The molecule has 4 aliphatic rings. The maximum absolute atomic E-state index is 11.8. The molecule has 0 saturated carbocycles. The normalized spacial score (nSPS) is 20.3. The molecule has 2 atom stereocenters. The fourth-order valence-electron chi connectivity index (χ4n) is 6.34. The van der Waals surface area contributed by atoms with Crippen molar-refractivity contribution in [3.63, 3.8) is 0 Å². The van der Waals surface area contributed by atoms with Crippen molar-refractivity contribution in [1.82, 2.24) is 26.0 Å². The number of likely N-dealkylation sites (tertiary alicyclic amines) is 1. The van der Waals surface area contributed by atoms with Gasteiger partial charge in [-0.05, 0) is 91.9 Å². The molecule has 10 nitrogen and oxygen atoms in total. The SMILES string of the molecule is C1=CC(N2C=C(CN3CCCC3)CN2)CC=C1C1CCOCC1.CC.CNC(=O)C(CCC=O)NCc1cc(OC)ccc1COC. The molecular formula is C37H59N5O5. The van der Waals surface area contributed by atoms with Gasteiger partial charge in [0.05, 0.1) is 25.8 Å². The van der Waals surface area contributed by atoms with Gasteiger partial charge in [0, 0.05) is 59.6 Å². The average molecular weight is 654 g/mol. The van der Waals surface area contributed by atoms with E-state index in [1.165, 1.54) is 49.9 Å². The highest BCUT2D eigenvalue weighted by molar-refractivity contribution is 5.81. The van der Waals surface area contributed by atoms with E-state index in [2.05, 4.69) is 50.4 Å². The molecule has 1 aromatic carbocycles. The molecule has 3 heterocycles. The van der Waals surface area contributed by atoms with Crippen LogP contribution >= 0.6 is 0 Å². The number of rotatable bonds is 14. The number of aldehydes is 1. The lowest BCUT2D eigenvalue weighted by molar-refractivity contribution is -0.122. The monoisotopic (exact) mass is 653 g/mol. The number of likely N-dealkylation sites (N-methyl/N-ethyl adjacent to an activating group) is 1. The lowest BCUT2D eigenvalue weighted by Crippen LogP contribution is -2.42. The zero-order valence-corrected chi connectivity index (χ0v) is 29.4. The van der Waals surface area contributed by atoms with Gasteiger partial charge in [0.15, 0.2) is 0 Å². The summed E-state index contributed by atoms with van der Waals surface area (Å²) in [4.78, 5) is 24.9. The number of amides is 1. The van der Waals surface area contributed by atoms with E-state index < -0.39 is 6.04 Å². The first kappa shape index (κ1) is 38.4. The number of benzene rings is 1. The van der Waals surface area contributed by atoms with Crippen molar-refractivity contribution in [3.05, 3.63) is 64.9 Å². The van der Waals surface area contributed by atoms with E-state index >= 15 is 0 Å². The second kappa shape index (κ2) is 21.8. The number of hydrazine groups is 1. The number of hydrogen-bond acceptors (Lipinski definition) is 9. The van der Waals surface area contributed by atoms with Crippen molar-refractivity contribution in [2.75, 3.05) is 60.7 Å². The summed E-state index contributed by atoms with van der Waals surface area (Å²) in [5, 5.41) is 8.11. The molecule has 2 fully saturated rings. The molecule has 1 aliphatic carbocycles. The second-order valence-electron chi connectivity index (χ2n) is 12.1. The van der Waals surface area contributed by atoms with Gasteiger partial charge in [-0.1, -0.05) is 38.1 Å². The number of hydrogen-bond donors (Lipinski definition) is 3. The molecule has 10 heteroatoms. The Kier molecular flexibility index (Phi) is 17.8. The quantitative estimate of drug-likeness (QED) is 0.250. The molecule has 2 unspecified atom stereocenters. The van der Waals surface area contributed by atoms with E-state index in [9.17, 15) is 9.59 Å². The Balaban J connectivity index is 0.000000243. The summed E-state index contributed by atoms with van der Waals surface area (Å²) < 4.78 is 15.9. The first-order valence-corrected chi connectivity index (χ1v) is 17.5. The highest BCUT2D eigenvalue weighted by Crippen LogP contribution is 2.29. The summed E-state index contributed by atoms with van der Waals surface area (Å²) in [6.07, 6.45) is 17.4. The zero-order valence-electron chi connectivity index (χ0n) is 29.4.